The first kappa shape index (κ1) is 12.7. The minimum atomic E-state index is -0.895. The van der Waals surface area contributed by atoms with Crippen molar-refractivity contribution in [3.05, 3.63) is 0 Å². The number of carbonyl (C=O) groups excluding carboxylic acids is 1. The van der Waals surface area contributed by atoms with E-state index in [4.69, 9.17) is 5.11 Å². The van der Waals surface area contributed by atoms with Crippen molar-refractivity contribution >= 4 is 23.6 Å². The Bertz CT molecular complexity index is 337. The van der Waals surface area contributed by atoms with Crippen LogP contribution in [0.1, 0.15) is 13.8 Å². The Hall–Kier alpha value is -0.750. The molecular formula is C11H18N2O3S. The van der Waals surface area contributed by atoms with E-state index in [1.165, 1.54) is 11.8 Å². The smallest absolute Gasteiger partial charge is 0.327 e. The minimum Gasteiger partial charge on any atom is -0.480 e. The third kappa shape index (κ3) is 2.28. The Morgan fingerprint density at radius 1 is 1.35 bits per heavy atom. The summed E-state index contributed by atoms with van der Waals surface area (Å²) >= 11 is 1.53. The average Bonchev–Trinajstić information content (AvgIpc) is 2.83. The molecule has 17 heavy (non-hydrogen) atoms. The standard InChI is InChI=1S/C11H18N2O3S/c1-6-3-12-4-8(6)10(14)13-7(2)17-5-9(13)11(15)16/h6-9,12H,3-5H2,1-2H3,(H,15,16)/t6-,7?,8-,9?/m1/s1. The number of rotatable bonds is 2. The summed E-state index contributed by atoms with van der Waals surface area (Å²) < 4.78 is 0. The number of carboxylic acid groups (broad SMARTS) is 1. The minimum absolute atomic E-state index is 0.00704. The van der Waals surface area contributed by atoms with Crippen molar-refractivity contribution < 1.29 is 14.7 Å². The van der Waals surface area contributed by atoms with Gasteiger partial charge in [0.2, 0.25) is 5.91 Å². The zero-order chi connectivity index (χ0) is 12.6. The van der Waals surface area contributed by atoms with Gasteiger partial charge < -0.3 is 15.3 Å². The Balaban J connectivity index is 2.13. The fourth-order valence-electron chi connectivity index (χ4n) is 2.50. The third-order valence-electron chi connectivity index (χ3n) is 3.60. The quantitative estimate of drug-likeness (QED) is 0.741. The topological polar surface area (TPSA) is 69.6 Å². The first-order valence-electron chi connectivity index (χ1n) is 5.89. The van der Waals surface area contributed by atoms with Crippen molar-refractivity contribution in [3.63, 3.8) is 0 Å². The van der Waals surface area contributed by atoms with Crippen LogP contribution in [0, 0.1) is 11.8 Å². The molecule has 2 heterocycles. The summed E-state index contributed by atoms with van der Waals surface area (Å²) in [5.41, 5.74) is 0. The van der Waals surface area contributed by atoms with E-state index in [9.17, 15) is 9.59 Å². The predicted octanol–water partition coefficient (Wildman–Crippen LogP) is 0.217. The highest BCUT2D eigenvalue weighted by atomic mass is 32.2. The van der Waals surface area contributed by atoms with E-state index in [0.717, 1.165) is 6.54 Å². The van der Waals surface area contributed by atoms with Gasteiger partial charge in [-0.25, -0.2) is 4.79 Å². The van der Waals surface area contributed by atoms with E-state index in [-0.39, 0.29) is 23.1 Å². The Kier molecular flexibility index (Phi) is 3.63. The predicted molar refractivity (Wildman–Crippen MR) is 65.7 cm³/mol. The first-order chi connectivity index (χ1) is 8.02. The van der Waals surface area contributed by atoms with Gasteiger partial charge in [0.1, 0.15) is 6.04 Å². The van der Waals surface area contributed by atoms with Gasteiger partial charge in [-0.1, -0.05) is 6.92 Å². The van der Waals surface area contributed by atoms with Gasteiger partial charge in [-0.15, -0.1) is 11.8 Å². The van der Waals surface area contributed by atoms with Gasteiger partial charge in [-0.2, -0.15) is 0 Å². The number of carbonyl (C=O) groups is 2. The van der Waals surface area contributed by atoms with Crippen LogP contribution in [0.2, 0.25) is 0 Å². The molecule has 0 aromatic heterocycles. The molecule has 2 aliphatic heterocycles. The Morgan fingerprint density at radius 2 is 2.06 bits per heavy atom. The maximum atomic E-state index is 12.4. The van der Waals surface area contributed by atoms with Crippen LogP contribution in [-0.4, -0.2) is 52.1 Å². The van der Waals surface area contributed by atoms with E-state index in [2.05, 4.69) is 5.32 Å². The maximum absolute atomic E-state index is 12.4. The summed E-state index contributed by atoms with van der Waals surface area (Å²) in [4.78, 5) is 25.1. The molecule has 0 aliphatic carbocycles. The lowest BCUT2D eigenvalue weighted by Crippen LogP contribution is -2.48. The molecule has 0 aromatic carbocycles. The van der Waals surface area contributed by atoms with E-state index in [1.54, 1.807) is 4.90 Å². The van der Waals surface area contributed by atoms with E-state index in [1.807, 2.05) is 13.8 Å². The molecule has 2 fully saturated rings. The Morgan fingerprint density at radius 3 is 2.59 bits per heavy atom. The van der Waals surface area contributed by atoms with E-state index < -0.39 is 12.0 Å². The van der Waals surface area contributed by atoms with Gasteiger partial charge in [0.15, 0.2) is 0 Å². The van der Waals surface area contributed by atoms with Crippen molar-refractivity contribution in [1.82, 2.24) is 10.2 Å². The molecule has 0 aromatic rings. The van der Waals surface area contributed by atoms with Gasteiger partial charge in [0.05, 0.1) is 11.3 Å². The number of aliphatic carboxylic acids is 1. The van der Waals surface area contributed by atoms with E-state index >= 15 is 0 Å². The molecule has 0 saturated carbocycles. The second kappa shape index (κ2) is 4.86. The van der Waals surface area contributed by atoms with Gasteiger partial charge in [-0.05, 0) is 19.4 Å². The highest BCUT2D eigenvalue weighted by molar-refractivity contribution is 8.00. The molecule has 2 aliphatic rings. The van der Waals surface area contributed by atoms with E-state index in [0.29, 0.717) is 12.3 Å². The van der Waals surface area contributed by atoms with Crippen LogP contribution in [0.4, 0.5) is 0 Å². The molecule has 2 rings (SSSR count). The summed E-state index contributed by atoms with van der Waals surface area (Å²) in [7, 11) is 0. The number of thioether (sulfide) groups is 1. The molecular weight excluding hydrogens is 240 g/mol. The van der Waals surface area contributed by atoms with Gasteiger partial charge in [0.25, 0.3) is 0 Å². The lowest BCUT2D eigenvalue weighted by molar-refractivity contribution is -0.151. The highest BCUT2D eigenvalue weighted by Gasteiger charge is 2.43. The molecule has 6 heteroatoms. The fourth-order valence-corrected chi connectivity index (χ4v) is 3.67. The summed E-state index contributed by atoms with van der Waals surface area (Å²) in [5, 5.41) is 12.3. The number of hydrogen-bond donors (Lipinski definition) is 2. The lowest BCUT2D eigenvalue weighted by atomic mass is 9.96. The molecule has 4 atom stereocenters. The van der Waals surface area contributed by atoms with Crippen molar-refractivity contribution in [2.75, 3.05) is 18.8 Å². The SMILES string of the molecule is CC1SCC(C(=O)O)N1C(=O)[C@@H]1CNC[C@H]1C. The van der Waals surface area contributed by atoms with Crippen molar-refractivity contribution in [3.8, 4) is 0 Å². The number of nitrogens with one attached hydrogen (secondary N) is 1. The van der Waals surface area contributed by atoms with Crippen LogP contribution in [0.25, 0.3) is 0 Å². The van der Waals surface area contributed by atoms with Gasteiger partial charge in [0, 0.05) is 12.3 Å². The lowest BCUT2D eigenvalue weighted by Gasteiger charge is -2.29. The largest absolute Gasteiger partial charge is 0.480 e. The summed E-state index contributed by atoms with van der Waals surface area (Å²) in [6.45, 7) is 5.44. The molecule has 0 spiro atoms. The molecule has 2 N–H and O–H groups in total. The third-order valence-corrected chi connectivity index (χ3v) is 4.81. The first-order valence-corrected chi connectivity index (χ1v) is 6.94. The van der Waals surface area contributed by atoms with Crippen molar-refractivity contribution in [2.24, 2.45) is 11.8 Å². The van der Waals surface area contributed by atoms with Crippen molar-refractivity contribution in [2.45, 2.75) is 25.3 Å². The molecule has 2 saturated heterocycles. The van der Waals surface area contributed by atoms with Gasteiger partial charge >= 0.3 is 5.97 Å². The average molecular weight is 258 g/mol. The molecule has 5 nitrogen and oxygen atoms in total. The Labute approximate surface area is 105 Å². The number of hydrogen-bond acceptors (Lipinski definition) is 4. The molecule has 0 bridgehead atoms. The molecule has 96 valence electrons. The van der Waals surface area contributed by atoms with Crippen LogP contribution >= 0.6 is 11.8 Å². The number of amides is 1. The van der Waals surface area contributed by atoms with Crippen LogP contribution < -0.4 is 5.32 Å². The monoisotopic (exact) mass is 258 g/mol. The van der Waals surface area contributed by atoms with Crippen LogP contribution in [0.15, 0.2) is 0 Å². The highest BCUT2D eigenvalue weighted by Crippen LogP contribution is 2.32. The number of carboxylic acids is 1. The van der Waals surface area contributed by atoms with Crippen LogP contribution in [-0.2, 0) is 9.59 Å². The summed E-state index contributed by atoms with van der Waals surface area (Å²) in [6.07, 6.45) is 0. The second-order valence-corrected chi connectivity index (χ2v) is 6.12. The summed E-state index contributed by atoms with van der Waals surface area (Å²) in [6, 6.07) is -0.657. The van der Waals surface area contributed by atoms with Crippen LogP contribution in [0.5, 0.6) is 0 Å². The zero-order valence-electron chi connectivity index (χ0n) is 10.0. The molecule has 0 radical (unpaired) electrons. The zero-order valence-corrected chi connectivity index (χ0v) is 10.9. The number of nitrogens with zero attached hydrogens (tertiary/aromatic N) is 1. The molecule has 2 unspecified atom stereocenters. The van der Waals surface area contributed by atoms with Crippen LogP contribution in [0.3, 0.4) is 0 Å². The van der Waals surface area contributed by atoms with Gasteiger partial charge in [-0.3, -0.25) is 4.79 Å². The second-order valence-electron chi connectivity index (χ2n) is 4.77. The maximum Gasteiger partial charge on any atom is 0.327 e. The molecule has 1 amide bonds. The van der Waals surface area contributed by atoms with Crippen molar-refractivity contribution in [1.29, 1.82) is 0 Å². The fraction of sp³-hybridized carbons (Fsp3) is 0.818. The normalized spacial score (nSPS) is 37.4. The summed E-state index contributed by atoms with van der Waals surface area (Å²) in [5.74, 6) is -0.189.